The van der Waals surface area contributed by atoms with Gasteiger partial charge in [-0.25, -0.2) is 0 Å². The molecule has 1 unspecified atom stereocenters. The largest absolute Gasteiger partial charge is 0.501 e. The van der Waals surface area contributed by atoms with E-state index in [2.05, 4.69) is 13.8 Å². The van der Waals surface area contributed by atoms with Crippen molar-refractivity contribution in [3.63, 3.8) is 0 Å². The van der Waals surface area contributed by atoms with E-state index >= 15 is 0 Å². The first-order chi connectivity index (χ1) is 6.60. The van der Waals surface area contributed by atoms with E-state index in [4.69, 9.17) is 13.3 Å². The lowest BCUT2D eigenvalue weighted by molar-refractivity contribution is 0.0683. The lowest BCUT2D eigenvalue weighted by atomic mass is 10.3. The van der Waals surface area contributed by atoms with E-state index in [1.165, 1.54) is 0 Å². The molecule has 0 saturated carbocycles. The summed E-state index contributed by atoms with van der Waals surface area (Å²) in [5, 5.41) is 0. The minimum atomic E-state index is -2.36. The summed E-state index contributed by atoms with van der Waals surface area (Å²) in [6.07, 6.45) is 0. The van der Waals surface area contributed by atoms with Crippen LogP contribution < -0.4 is 0 Å². The molecule has 1 atom stereocenters. The van der Waals surface area contributed by atoms with Gasteiger partial charge in [-0.3, -0.25) is 0 Å². The summed E-state index contributed by atoms with van der Waals surface area (Å²) >= 11 is 0. The van der Waals surface area contributed by atoms with Gasteiger partial charge in [0.1, 0.15) is 0 Å². The molecule has 0 rings (SSSR count). The molecule has 0 saturated heterocycles. The fourth-order valence-corrected chi connectivity index (χ4v) is 4.38. The molecular weight excluding hydrogens is 227 g/mol. The molecule has 5 heteroatoms. The van der Waals surface area contributed by atoms with Crippen LogP contribution in [0.5, 0.6) is 0 Å². The number of hydrogen-bond acceptors (Lipinski definition) is 3. The average molecular weight is 254 g/mol. The van der Waals surface area contributed by atoms with E-state index in [1.54, 1.807) is 0 Å². The summed E-state index contributed by atoms with van der Waals surface area (Å²) < 4.78 is 17.1. The van der Waals surface area contributed by atoms with Crippen molar-refractivity contribution in [2.75, 3.05) is 19.8 Å². The molecule has 0 fully saturated rings. The van der Waals surface area contributed by atoms with E-state index < -0.39 is 8.80 Å². The van der Waals surface area contributed by atoms with E-state index in [9.17, 15) is 0 Å². The summed E-state index contributed by atoms with van der Waals surface area (Å²) in [6.45, 7) is 12.3. The first-order valence-corrected chi connectivity index (χ1v) is 7.45. The molecule has 0 spiro atoms. The number of rotatable bonds is 8. The third-order valence-electron chi connectivity index (χ3n) is 1.75. The van der Waals surface area contributed by atoms with Gasteiger partial charge in [-0.15, -0.1) is 0 Å². The Balaban J connectivity index is 0. The van der Waals surface area contributed by atoms with Crippen molar-refractivity contribution in [1.82, 2.24) is 0 Å². The molecule has 0 aliphatic carbocycles. The van der Waals surface area contributed by atoms with Crippen LogP contribution in [0.15, 0.2) is 0 Å². The zero-order chi connectivity index (χ0) is 11.0. The zero-order valence-electron chi connectivity index (χ0n) is 10.8. The van der Waals surface area contributed by atoms with Gasteiger partial charge in [0.25, 0.3) is 0 Å². The Kier molecular flexibility index (Phi) is 11.6. The first kappa shape index (κ1) is 17.9. The van der Waals surface area contributed by atoms with Crippen LogP contribution in [0.2, 0.25) is 6.04 Å². The molecule has 15 heavy (non-hydrogen) atoms. The Labute approximate surface area is 98.9 Å². The van der Waals surface area contributed by atoms with Gasteiger partial charge in [-0.2, -0.15) is 9.90 Å². The summed E-state index contributed by atoms with van der Waals surface area (Å²) in [5.41, 5.74) is 0. The molecule has 3 nitrogen and oxygen atoms in total. The summed E-state index contributed by atoms with van der Waals surface area (Å²) in [4.78, 5) is 0. The molecule has 0 radical (unpaired) electrons. The highest BCUT2D eigenvalue weighted by Crippen LogP contribution is 2.20. The minimum absolute atomic E-state index is 0. The predicted octanol–water partition coefficient (Wildman–Crippen LogP) is 2.75. The molecule has 0 aromatic heterocycles. The second-order valence-corrected chi connectivity index (χ2v) is 6.22. The van der Waals surface area contributed by atoms with Gasteiger partial charge in [0.15, 0.2) is 0 Å². The second kappa shape index (κ2) is 9.73. The molecule has 0 amide bonds. The molecule has 94 valence electrons. The van der Waals surface area contributed by atoms with Crippen LogP contribution in [-0.2, 0) is 13.3 Å². The SMILES string of the molecule is CCO[Si](CC(C)C)(OCC)OCC.P. The van der Waals surface area contributed by atoms with Gasteiger partial charge in [0, 0.05) is 25.9 Å². The van der Waals surface area contributed by atoms with Crippen LogP contribution in [0.25, 0.3) is 0 Å². The van der Waals surface area contributed by atoms with Crippen LogP contribution in [-0.4, -0.2) is 28.6 Å². The number of hydrogen-bond donors (Lipinski definition) is 0. The summed E-state index contributed by atoms with van der Waals surface area (Å²) in [5.74, 6) is 0.548. The fraction of sp³-hybridized carbons (Fsp3) is 1.00. The molecule has 0 aromatic rings. The third kappa shape index (κ3) is 7.42. The first-order valence-electron chi connectivity index (χ1n) is 5.52. The lowest BCUT2D eigenvalue weighted by Crippen LogP contribution is -2.46. The maximum atomic E-state index is 5.72. The highest BCUT2D eigenvalue weighted by atomic mass is 31.0. The topological polar surface area (TPSA) is 27.7 Å². The van der Waals surface area contributed by atoms with Crippen molar-refractivity contribution in [3.05, 3.63) is 0 Å². The van der Waals surface area contributed by atoms with Crippen molar-refractivity contribution in [1.29, 1.82) is 0 Å². The summed E-state index contributed by atoms with van der Waals surface area (Å²) in [6, 6.07) is 0.905. The lowest BCUT2D eigenvalue weighted by Gasteiger charge is -2.29. The molecule has 0 bridgehead atoms. The maximum absolute atomic E-state index is 5.72. The Morgan fingerprint density at radius 1 is 0.867 bits per heavy atom. The van der Waals surface area contributed by atoms with Crippen molar-refractivity contribution >= 4 is 18.7 Å². The van der Waals surface area contributed by atoms with Gasteiger partial charge in [-0.1, -0.05) is 13.8 Å². The van der Waals surface area contributed by atoms with Crippen molar-refractivity contribution < 1.29 is 13.3 Å². The van der Waals surface area contributed by atoms with E-state index in [0.717, 1.165) is 6.04 Å². The third-order valence-corrected chi connectivity index (χ3v) is 5.25. The Hall–Kier alpha value is 0.527. The maximum Gasteiger partial charge on any atom is 0.501 e. The van der Waals surface area contributed by atoms with Crippen molar-refractivity contribution in [3.8, 4) is 0 Å². The molecule has 0 aliphatic heterocycles. The van der Waals surface area contributed by atoms with Crippen LogP contribution in [0, 0.1) is 5.92 Å². The summed E-state index contributed by atoms with van der Waals surface area (Å²) in [7, 11) is -2.36. The van der Waals surface area contributed by atoms with Crippen LogP contribution in [0.1, 0.15) is 34.6 Å². The Morgan fingerprint density at radius 3 is 1.40 bits per heavy atom. The van der Waals surface area contributed by atoms with Gasteiger partial charge in [0.2, 0.25) is 0 Å². The molecule has 0 aliphatic rings. The van der Waals surface area contributed by atoms with Gasteiger partial charge in [-0.05, 0) is 26.7 Å². The van der Waals surface area contributed by atoms with E-state index in [0.29, 0.717) is 25.7 Å². The highest BCUT2D eigenvalue weighted by molar-refractivity contribution is 6.92. The predicted molar refractivity (Wildman–Crippen MR) is 71.4 cm³/mol. The van der Waals surface area contributed by atoms with E-state index in [1.807, 2.05) is 20.8 Å². The van der Waals surface area contributed by atoms with Gasteiger partial charge in [0.05, 0.1) is 0 Å². The molecule has 0 heterocycles. The van der Waals surface area contributed by atoms with Gasteiger partial charge < -0.3 is 13.3 Å². The quantitative estimate of drug-likeness (QED) is 0.492. The van der Waals surface area contributed by atoms with Crippen LogP contribution >= 0.6 is 9.90 Å². The average Bonchev–Trinajstić information content (AvgIpc) is 2.03. The van der Waals surface area contributed by atoms with E-state index in [-0.39, 0.29) is 9.90 Å². The molecular formula is C10H27O3PSi. The monoisotopic (exact) mass is 254 g/mol. The van der Waals surface area contributed by atoms with Crippen LogP contribution in [0.3, 0.4) is 0 Å². The smallest absolute Gasteiger partial charge is 0.374 e. The second-order valence-electron chi connectivity index (χ2n) is 3.58. The van der Waals surface area contributed by atoms with Crippen molar-refractivity contribution in [2.24, 2.45) is 5.92 Å². The minimum Gasteiger partial charge on any atom is -0.374 e. The molecule has 0 aromatic carbocycles. The Morgan fingerprint density at radius 2 is 1.20 bits per heavy atom. The Bertz CT molecular complexity index is 128. The zero-order valence-corrected chi connectivity index (χ0v) is 13.3. The standard InChI is InChI=1S/C10H24O3Si.H3P/c1-6-11-14(12-7-2,13-8-3)9-10(4)5;/h10H,6-9H2,1-5H3;1H3. The van der Waals surface area contributed by atoms with Gasteiger partial charge >= 0.3 is 8.80 Å². The van der Waals surface area contributed by atoms with Crippen LogP contribution in [0.4, 0.5) is 0 Å². The fourth-order valence-electron chi connectivity index (χ4n) is 1.46. The normalized spacial score (nSPS) is 11.6. The van der Waals surface area contributed by atoms with Crippen molar-refractivity contribution in [2.45, 2.75) is 40.7 Å². The highest BCUT2D eigenvalue weighted by Gasteiger charge is 2.40. The molecule has 0 N–H and O–H groups in total.